The summed E-state index contributed by atoms with van der Waals surface area (Å²) in [5, 5.41) is 0. The number of piperazine rings is 1. The van der Waals surface area contributed by atoms with Gasteiger partial charge in [0.25, 0.3) is 0 Å². The third-order valence-corrected chi connectivity index (χ3v) is 7.80. The second kappa shape index (κ2) is 10.1. The van der Waals surface area contributed by atoms with Crippen LogP contribution in [0.2, 0.25) is 0 Å². The Morgan fingerprint density at radius 1 is 1.00 bits per heavy atom. The Balaban J connectivity index is 1.89. The van der Waals surface area contributed by atoms with Crippen molar-refractivity contribution >= 4 is 15.8 Å². The van der Waals surface area contributed by atoms with Crippen LogP contribution in [0.3, 0.4) is 0 Å². The van der Waals surface area contributed by atoms with Crippen molar-refractivity contribution in [2.45, 2.75) is 53.9 Å². The molecule has 2 aromatic rings. The number of anilines is 1. The van der Waals surface area contributed by atoms with Gasteiger partial charge in [-0.05, 0) is 31.7 Å². The fourth-order valence-corrected chi connectivity index (χ4v) is 5.53. The molecule has 3 rings (SSSR count). The first-order valence-electron chi connectivity index (χ1n) is 11.3. The number of sulfonamides is 1. The van der Waals surface area contributed by atoms with Gasteiger partial charge < -0.3 is 4.90 Å². The van der Waals surface area contributed by atoms with Gasteiger partial charge in [0.2, 0.25) is 10.0 Å². The highest BCUT2D eigenvalue weighted by Gasteiger charge is 2.28. The van der Waals surface area contributed by atoms with Crippen LogP contribution in [0.1, 0.15) is 55.4 Å². The Bertz CT molecular complexity index is 979. The fraction of sp³-hybridized carbons (Fsp3) is 0.583. The van der Waals surface area contributed by atoms with Crippen molar-refractivity contribution in [2.75, 3.05) is 36.8 Å². The number of benzene rings is 1. The monoisotopic (exact) mass is 444 g/mol. The number of hydrogen-bond donors (Lipinski definition) is 0. The van der Waals surface area contributed by atoms with E-state index in [-0.39, 0.29) is 5.75 Å². The van der Waals surface area contributed by atoms with E-state index >= 15 is 0 Å². The zero-order valence-corrected chi connectivity index (χ0v) is 20.4. The second-order valence-electron chi connectivity index (χ2n) is 8.99. The van der Waals surface area contributed by atoms with Crippen LogP contribution in [0.5, 0.6) is 0 Å². The van der Waals surface area contributed by atoms with E-state index in [0.717, 1.165) is 35.7 Å². The van der Waals surface area contributed by atoms with Crippen molar-refractivity contribution in [3.63, 3.8) is 0 Å². The summed E-state index contributed by atoms with van der Waals surface area (Å²) in [4.78, 5) is 12.0. The first-order valence-corrected chi connectivity index (χ1v) is 12.9. The molecule has 0 aliphatic carbocycles. The highest BCUT2D eigenvalue weighted by Crippen LogP contribution is 2.26. The zero-order valence-electron chi connectivity index (χ0n) is 19.6. The van der Waals surface area contributed by atoms with Crippen LogP contribution in [0, 0.1) is 19.8 Å². The van der Waals surface area contributed by atoms with E-state index < -0.39 is 10.0 Å². The molecule has 0 atom stereocenters. The number of aromatic nitrogens is 2. The predicted molar refractivity (Wildman–Crippen MR) is 127 cm³/mol. The molecule has 1 aromatic carbocycles. The molecule has 1 aliphatic rings. The van der Waals surface area contributed by atoms with Crippen LogP contribution in [0.25, 0.3) is 0 Å². The molecule has 7 heteroatoms. The molecule has 0 spiro atoms. The normalized spacial score (nSPS) is 15.6. The second-order valence-corrected chi connectivity index (χ2v) is 11.1. The van der Waals surface area contributed by atoms with Gasteiger partial charge in [0.1, 0.15) is 11.6 Å². The van der Waals surface area contributed by atoms with Gasteiger partial charge >= 0.3 is 0 Å². The van der Waals surface area contributed by atoms with Gasteiger partial charge in [-0.25, -0.2) is 18.4 Å². The summed E-state index contributed by atoms with van der Waals surface area (Å²) in [5.41, 5.74) is 4.64. The maximum atomic E-state index is 12.5. The molecule has 0 amide bonds. The summed E-state index contributed by atoms with van der Waals surface area (Å²) >= 11 is 0. The lowest BCUT2D eigenvalue weighted by Gasteiger charge is -2.36. The van der Waals surface area contributed by atoms with Gasteiger partial charge in [-0.15, -0.1) is 0 Å². The summed E-state index contributed by atoms with van der Waals surface area (Å²) in [5.74, 6) is 2.54. The van der Waals surface area contributed by atoms with E-state index in [1.54, 1.807) is 4.31 Å². The van der Waals surface area contributed by atoms with Gasteiger partial charge in [0.05, 0.1) is 5.75 Å². The van der Waals surface area contributed by atoms with E-state index in [0.29, 0.717) is 38.5 Å². The summed E-state index contributed by atoms with van der Waals surface area (Å²) in [6.45, 7) is 12.8. The van der Waals surface area contributed by atoms with Gasteiger partial charge in [-0.3, -0.25) is 0 Å². The number of rotatable bonds is 8. The lowest BCUT2D eigenvalue weighted by atomic mass is 10.0. The van der Waals surface area contributed by atoms with Crippen LogP contribution < -0.4 is 4.90 Å². The quantitative estimate of drug-likeness (QED) is 0.620. The minimum Gasteiger partial charge on any atom is -0.354 e. The Labute approximate surface area is 187 Å². The molecule has 170 valence electrons. The molecule has 0 saturated carbocycles. The number of aryl methyl sites for hydroxylation is 2. The molecular formula is C24H36N4O2S. The number of hydrogen-bond acceptors (Lipinski definition) is 5. The van der Waals surface area contributed by atoms with Crippen molar-refractivity contribution in [1.29, 1.82) is 0 Å². The molecule has 1 saturated heterocycles. The first-order chi connectivity index (χ1) is 14.7. The van der Waals surface area contributed by atoms with Crippen molar-refractivity contribution in [1.82, 2.24) is 14.3 Å². The molecule has 6 nitrogen and oxygen atoms in total. The van der Waals surface area contributed by atoms with E-state index in [9.17, 15) is 8.42 Å². The molecule has 0 bridgehead atoms. The fourth-order valence-electron chi connectivity index (χ4n) is 4.04. The molecule has 2 heterocycles. The minimum absolute atomic E-state index is 0.219. The van der Waals surface area contributed by atoms with Gasteiger partial charge in [0.15, 0.2) is 0 Å². The minimum atomic E-state index is -3.16. The number of nitrogens with zero attached hydrogens (tertiary/aromatic N) is 4. The molecule has 0 unspecified atom stereocenters. The van der Waals surface area contributed by atoms with Crippen molar-refractivity contribution in [3.8, 4) is 0 Å². The SMILES string of the molecule is CCCS(=O)(=O)N1CCN(c2nc(CC(C)C)nc(C)c2Cc2ccc(C)cc2)CC1. The maximum Gasteiger partial charge on any atom is 0.214 e. The highest BCUT2D eigenvalue weighted by molar-refractivity contribution is 7.89. The maximum absolute atomic E-state index is 12.5. The molecule has 31 heavy (non-hydrogen) atoms. The van der Waals surface area contributed by atoms with Gasteiger partial charge in [0, 0.05) is 50.3 Å². The van der Waals surface area contributed by atoms with Crippen molar-refractivity contribution < 1.29 is 8.42 Å². The van der Waals surface area contributed by atoms with E-state index in [1.807, 2.05) is 6.92 Å². The smallest absolute Gasteiger partial charge is 0.214 e. The summed E-state index contributed by atoms with van der Waals surface area (Å²) in [7, 11) is -3.16. The van der Waals surface area contributed by atoms with E-state index in [4.69, 9.17) is 9.97 Å². The Morgan fingerprint density at radius 3 is 2.23 bits per heavy atom. The van der Waals surface area contributed by atoms with Gasteiger partial charge in [-0.1, -0.05) is 50.6 Å². The van der Waals surface area contributed by atoms with Crippen LogP contribution in [0.15, 0.2) is 24.3 Å². The van der Waals surface area contributed by atoms with Crippen LogP contribution in [0.4, 0.5) is 5.82 Å². The standard InChI is InChI=1S/C24H36N4O2S/c1-6-15-31(29,30)28-13-11-27(12-14-28)24-22(17-21-9-7-19(4)8-10-21)20(5)25-23(26-24)16-18(2)3/h7-10,18H,6,11-17H2,1-5H3. The van der Waals surface area contributed by atoms with Crippen LogP contribution in [-0.2, 0) is 22.9 Å². The Kier molecular flexibility index (Phi) is 7.70. The molecule has 1 aliphatic heterocycles. The summed E-state index contributed by atoms with van der Waals surface area (Å²) in [6, 6.07) is 8.59. The lowest BCUT2D eigenvalue weighted by molar-refractivity contribution is 0.383. The predicted octanol–water partition coefficient (Wildman–Crippen LogP) is 3.74. The molecule has 1 aromatic heterocycles. The van der Waals surface area contributed by atoms with Crippen molar-refractivity contribution in [2.24, 2.45) is 5.92 Å². The molecule has 1 fully saturated rings. The average Bonchev–Trinajstić information content (AvgIpc) is 2.71. The summed E-state index contributed by atoms with van der Waals surface area (Å²) < 4.78 is 26.6. The molecule has 0 radical (unpaired) electrons. The third kappa shape index (κ3) is 6.04. The average molecular weight is 445 g/mol. The Hall–Kier alpha value is -1.99. The van der Waals surface area contributed by atoms with E-state index in [2.05, 4.69) is 56.9 Å². The lowest BCUT2D eigenvalue weighted by Crippen LogP contribution is -2.49. The summed E-state index contributed by atoms with van der Waals surface area (Å²) in [6.07, 6.45) is 2.26. The van der Waals surface area contributed by atoms with E-state index in [1.165, 1.54) is 11.1 Å². The largest absolute Gasteiger partial charge is 0.354 e. The highest BCUT2D eigenvalue weighted by atomic mass is 32.2. The first kappa shape index (κ1) is 23.7. The Morgan fingerprint density at radius 2 is 1.65 bits per heavy atom. The zero-order chi connectivity index (χ0) is 22.6. The van der Waals surface area contributed by atoms with Crippen molar-refractivity contribution in [3.05, 3.63) is 52.5 Å². The topological polar surface area (TPSA) is 66.4 Å². The molecule has 0 N–H and O–H groups in total. The van der Waals surface area contributed by atoms with Crippen LogP contribution in [-0.4, -0.2) is 54.6 Å². The van der Waals surface area contributed by atoms with Gasteiger partial charge in [-0.2, -0.15) is 4.31 Å². The molecular weight excluding hydrogens is 408 g/mol. The third-order valence-electron chi connectivity index (χ3n) is 5.72. The van der Waals surface area contributed by atoms with Crippen LogP contribution >= 0.6 is 0 Å².